The molecule has 1 amide bonds. The average molecular weight is 428 g/mol. The van der Waals surface area contributed by atoms with E-state index >= 15 is 0 Å². The van der Waals surface area contributed by atoms with Gasteiger partial charge in [-0.05, 0) is 36.8 Å². The van der Waals surface area contributed by atoms with Crippen molar-refractivity contribution in [3.05, 3.63) is 58.5 Å². The lowest BCUT2D eigenvalue weighted by Crippen LogP contribution is -2.31. The van der Waals surface area contributed by atoms with Gasteiger partial charge in [0.1, 0.15) is 11.5 Å². The number of aliphatic hydroxyl groups is 1. The van der Waals surface area contributed by atoms with Crippen molar-refractivity contribution in [1.29, 1.82) is 0 Å². The van der Waals surface area contributed by atoms with Crippen molar-refractivity contribution in [2.75, 3.05) is 20.8 Å². The smallest absolute Gasteiger partial charge is 0.329 e. The molecular weight excluding hydrogens is 398 g/mol. The summed E-state index contributed by atoms with van der Waals surface area (Å²) in [6.45, 7) is 2.94. The first-order chi connectivity index (χ1) is 15.0. The fraction of sp³-hybridized carbons (Fsp3) is 0.391. The van der Waals surface area contributed by atoms with E-state index in [4.69, 9.17) is 9.47 Å². The number of aromatic nitrogens is 2. The molecule has 1 aromatic heterocycles. The molecule has 8 nitrogen and oxygen atoms in total. The Balaban J connectivity index is 1.65. The standard InChI is InChI=1S/C23H29N3O5/c1-4-12-25-18-7-5-6-8-19(18)26(23(25)29)13-11-22(28)24-15-20(27)17-14-16(30-2)9-10-21(17)31-3/h5-10,14,20,27H,4,11-13,15H2,1-3H3,(H,24,28). The van der Waals surface area contributed by atoms with Crippen molar-refractivity contribution < 1.29 is 19.4 Å². The molecule has 0 radical (unpaired) electrons. The quantitative estimate of drug-likeness (QED) is 0.518. The van der Waals surface area contributed by atoms with E-state index in [-0.39, 0.29) is 31.1 Å². The maximum Gasteiger partial charge on any atom is 0.329 e. The Morgan fingerprint density at radius 1 is 1.06 bits per heavy atom. The Bertz CT molecular complexity index is 1100. The molecule has 1 atom stereocenters. The van der Waals surface area contributed by atoms with Crippen molar-refractivity contribution in [1.82, 2.24) is 14.5 Å². The predicted molar refractivity (Wildman–Crippen MR) is 119 cm³/mol. The molecule has 0 aliphatic carbocycles. The van der Waals surface area contributed by atoms with Crippen molar-refractivity contribution in [3.8, 4) is 11.5 Å². The highest BCUT2D eigenvalue weighted by atomic mass is 16.5. The highest BCUT2D eigenvalue weighted by Gasteiger charge is 2.17. The fourth-order valence-corrected chi connectivity index (χ4v) is 3.65. The maximum atomic E-state index is 12.8. The molecule has 0 bridgehead atoms. The van der Waals surface area contributed by atoms with Gasteiger partial charge in [0, 0.05) is 31.6 Å². The molecule has 1 unspecified atom stereocenters. The lowest BCUT2D eigenvalue weighted by Gasteiger charge is -2.16. The Morgan fingerprint density at radius 3 is 2.35 bits per heavy atom. The molecule has 0 aliphatic rings. The van der Waals surface area contributed by atoms with Crippen LogP contribution in [0.2, 0.25) is 0 Å². The van der Waals surface area contributed by atoms with Crippen LogP contribution in [-0.4, -0.2) is 40.9 Å². The molecule has 3 aromatic rings. The van der Waals surface area contributed by atoms with E-state index in [0.717, 1.165) is 17.5 Å². The number of carbonyl (C=O) groups excluding carboxylic acids is 1. The third-order valence-corrected chi connectivity index (χ3v) is 5.22. The first kappa shape index (κ1) is 22.4. The van der Waals surface area contributed by atoms with Crippen LogP contribution in [0.15, 0.2) is 47.3 Å². The summed E-state index contributed by atoms with van der Waals surface area (Å²) in [5.41, 5.74) is 2.10. The van der Waals surface area contributed by atoms with Gasteiger partial charge in [-0.3, -0.25) is 13.9 Å². The fourth-order valence-electron chi connectivity index (χ4n) is 3.65. The first-order valence-corrected chi connectivity index (χ1v) is 10.3. The van der Waals surface area contributed by atoms with Crippen LogP contribution >= 0.6 is 0 Å². The number of fused-ring (bicyclic) bond motifs is 1. The molecule has 0 fully saturated rings. The van der Waals surface area contributed by atoms with Crippen molar-refractivity contribution in [2.45, 2.75) is 39.0 Å². The number of imidazole rings is 1. The minimum atomic E-state index is -0.955. The van der Waals surface area contributed by atoms with Crippen LogP contribution in [-0.2, 0) is 17.9 Å². The van der Waals surface area contributed by atoms with Crippen LogP contribution in [0.5, 0.6) is 11.5 Å². The molecule has 31 heavy (non-hydrogen) atoms. The summed E-state index contributed by atoms with van der Waals surface area (Å²) in [6, 6.07) is 12.7. The second-order valence-corrected chi connectivity index (χ2v) is 7.25. The van der Waals surface area contributed by atoms with Crippen LogP contribution < -0.4 is 20.5 Å². The molecule has 8 heteroatoms. The van der Waals surface area contributed by atoms with Crippen molar-refractivity contribution in [2.24, 2.45) is 0 Å². The van der Waals surface area contributed by atoms with Crippen LogP contribution in [0.25, 0.3) is 11.0 Å². The summed E-state index contributed by atoms with van der Waals surface area (Å²) in [5, 5.41) is 13.3. The van der Waals surface area contributed by atoms with E-state index < -0.39 is 6.10 Å². The SMILES string of the molecule is CCCn1c(=O)n(CCC(=O)NCC(O)c2cc(OC)ccc2OC)c2ccccc21. The zero-order chi connectivity index (χ0) is 22.4. The third kappa shape index (κ3) is 4.91. The molecule has 0 saturated carbocycles. The first-order valence-electron chi connectivity index (χ1n) is 10.3. The van der Waals surface area contributed by atoms with Gasteiger partial charge in [0.05, 0.1) is 31.4 Å². The zero-order valence-corrected chi connectivity index (χ0v) is 18.1. The number of rotatable bonds is 10. The van der Waals surface area contributed by atoms with E-state index in [1.807, 2.05) is 31.2 Å². The Hall–Kier alpha value is -3.26. The summed E-state index contributed by atoms with van der Waals surface area (Å²) in [6.07, 6.45) is 0.0189. The van der Waals surface area contributed by atoms with Gasteiger partial charge < -0.3 is 19.9 Å². The van der Waals surface area contributed by atoms with Gasteiger partial charge in [-0.15, -0.1) is 0 Å². The molecule has 166 valence electrons. The minimum Gasteiger partial charge on any atom is -0.497 e. The number of nitrogens with one attached hydrogen (secondary N) is 1. The number of para-hydroxylation sites is 2. The molecular formula is C23H29N3O5. The summed E-state index contributed by atoms with van der Waals surface area (Å²) in [7, 11) is 3.06. The normalized spacial score (nSPS) is 12.0. The molecule has 2 aromatic carbocycles. The van der Waals surface area contributed by atoms with Gasteiger partial charge in [-0.25, -0.2) is 4.79 Å². The number of amides is 1. The van der Waals surface area contributed by atoms with E-state index in [1.165, 1.54) is 7.11 Å². The van der Waals surface area contributed by atoms with Crippen LogP contribution in [0, 0.1) is 0 Å². The third-order valence-electron chi connectivity index (χ3n) is 5.22. The molecule has 1 heterocycles. The number of methoxy groups -OCH3 is 2. The number of nitrogens with zero attached hydrogens (tertiary/aromatic N) is 2. The molecule has 0 spiro atoms. The largest absolute Gasteiger partial charge is 0.497 e. The number of ether oxygens (including phenoxy) is 2. The van der Waals surface area contributed by atoms with Gasteiger partial charge in [-0.1, -0.05) is 19.1 Å². The van der Waals surface area contributed by atoms with Gasteiger partial charge in [0.25, 0.3) is 0 Å². The summed E-state index contributed by atoms with van der Waals surface area (Å²) >= 11 is 0. The number of aliphatic hydroxyl groups excluding tert-OH is 1. The van der Waals surface area contributed by atoms with Crippen molar-refractivity contribution >= 4 is 16.9 Å². The Morgan fingerprint density at radius 2 is 1.74 bits per heavy atom. The summed E-state index contributed by atoms with van der Waals surface area (Å²) in [4.78, 5) is 25.2. The van der Waals surface area contributed by atoms with E-state index in [1.54, 1.807) is 34.4 Å². The maximum absolute atomic E-state index is 12.8. The number of hydrogen-bond acceptors (Lipinski definition) is 5. The number of carbonyl (C=O) groups is 1. The van der Waals surface area contributed by atoms with Gasteiger partial charge in [0.2, 0.25) is 5.91 Å². The summed E-state index contributed by atoms with van der Waals surface area (Å²) < 4.78 is 13.9. The molecule has 0 saturated heterocycles. The number of benzene rings is 2. The van der Waals surface area contributed by atoms with Gasteiger partial charge in [0.15, 0.2) is 0 Å². The Kier molecular flexibility index (Phi) is 7.36. The predicted octanol–water partition coefficient (Wildman–Crippen LogP) is 2.47. The molecule has 0 aliphatic heterocycles. The molecule has 3 rings (SSSR count). The topological polar surface area (TPSA) is 94.7 Å². The second kappa shape index (κ2) is 10.2. The summed E-state index contributed by atoms with van der Waals surface area (Å²) in [5.74, 6) is 0.849. The van der Waals surface area contributed by atoms with Crippen LogP contribution in [0.3, 0.4) is 0 Å². The minimum absolute atomic E-state index is 0.0227. The van der Waals surface area contributed by atoms with E-state index in [9.17, 15) is 14.7 Å². The van der Waals surface area contributed by atoms with Crippen LogP contribution in [0.1, 0.15) is 31.4 Å². The average Bonchev–Trinajstić information content (AvgIpc) is 3.06. The van der Waals surface area contributed by atoms with Gasteiger partial charge >= 0.3 is 5.69 Å². The van der Waals surface area contributed by atoms with E-state index in [0.29, 0.717) is 23.6 Å². The highest BCUT2D eigenvalue weighted by Crippen LogP contribution is 2.29. The van der Waals surface area contributed by atoms with Crippen molar-refractivity contribution in [3.63, 3.8) is 0 Å². The zero-order valence-electron chi connectivity index (χ0n) is 18.1. The van der Waals surface area contributed by atoms with Crippen LogP contribution in [0.4, 0.5) is 0 Å². The molecule has 2 N–H and O–H groups in total. The second-order valence-electron chi connectivity index (χ2n) is 7.25. The monoisotopic (exact) mass is 427 g/mol. The highest BCUT2D eigenvalue weighted by molar-refractivity contribution is 5.78. The van der Waals surface area contributed by atoms with Gasteiger partial charge in [-0.2, -0.15) is 0 Å². The lowest BCUT2D eigenvalue weighted by atomic mass is 10.1. The lowest BCUT2D eigenvalue weighted by molar-refractivity contribution is -0.121. The van der Waals surface area contributed by atoms with E-state index in [2.05, 4.69) is 5.32 Å². The Labute approximate surface area is 181 Å². The number of aryl methyl sites for hydroxylation is 2. The number of hydrogen-bond donors (Lipinski definition) is 2.